The van der Waals surface area contributed by atoms with Crippen molar-refractivity contribution in [1.29, 1.82) is 0 Å². The maximum atomic E-state index is 12.5. The summed E-state index contributed by atoms with van der Waals surface area (Å²) in [6.07, 6.45) is 39.3. The molecule has 11 nitrogen and oxygen atoms in total. The molecule has 0 rings (SSSR count). The van der Waals surface area contributed by atoms with Crippen LogP contribution >= 0.6 is 7.82 Å². The number of unbranched alkanes of at least 4 members (excludes halogenated alkanes) is 15. The molecule has 306 valence electrons. The summed E-state index contributed by atoms with van der Waals surface area (Å²) in [7, 11) is -4.72. The molecule has 0 amide bonds. The Morgan fingerprint density at radius 1 is 0.585 bits per heavy atom. The highest BCUT2D eigenvalue weighted by Crippen LogP contribution is 2.43. The van der Waals surface area contributed by atoms with Gasteiger partial charge in [-0.1, -0.05) is 146 Å². The molecule has 0 spiro atoms. The van der Waals surface area contributed by atoms with E-state index in [2.05, 4.69) is 54.8 Å². The molecule has 0 bridgehead atoms. The number of phosphoric ester groups is 1. The van der Waals surface area contributed by atoms with Crippen LogP contribution in [-0.4, -0.2) is 59.9 Å². The minimum absolute atomic E-state index is 0.0852. The van der Waals surface area contributed by atoms with Gasteiger partial charge in [-0.15, -0.1) is 0 Å². The van der Waals surface area contributed by atoms with Crippen molar-refractivity contribution >= 4 is 25.7 Å². The fraction of sp³-hybridized carbons (Fsp3) is 0.732. The number of ether oxygens (including phenoxy) is 2. The van der Waals surface area contributed by atoms with Crippen LogP contribution in [-0.2, 0) is 37.5 Å². The molecule has 0 aliphatic heterocycles. The van der Waals surface area contributed by atoms with Crippen LogP contribution in [0, 0.1) is 0 Å². The van der Waals surface area contributed by atoms with Gasteiger partial charge in [0.05, 0.1) is 13.2 Å². The zero-order valence-corrected chi connectivity index (χ0v) is 33.7. The standard InChI is InChI=1S/C41H72NO10P/c1-3-5-7-9-11-13-14-15-16-17-18-19-20-21-22-23-24-25-27-29-31-33-40(44)52-37(35-50-53(47,48)51-36-38(42)41(45)46)34-49-39(43)32-30-28-26-12-10-8-6-4-2/h16-17,19-20,22-23,25,27,37-38H,3-15,18,21,24,26,28-36,42H2,1-2H3,(H,45,46)(H,47,48)/b17-16+,20-19+,23-22+,27-25+/t37-,38-/m0/s1. The molecule has 0 aliphatic carbocycles. The minimum atomic E-state index is -4.72. The van der Waals surface area contributed by atoms with Crippen LogP contribution in [0.4, 0.5) is 0 Å². The first-order chi connectivity index (χ1) is 25.6. The van der Waals surface area contributed by atoms with Crippen molar-refractivity contribution in [3.63, 3.8) is 0 Å². The normalized spacial score (nSPS) is 14.3. The monoisotopic (exact) mass is 769 g/mol. The summed E-state index contributed by atoms with van der Waals surface area (Å²) in [6, 6.07) is -1.53. The number of carbonyl (C=O) groups is 3. The van der Waals surface area contributed by atoms with Crippen molar-refractivity contribution in [1.82, 2.24) is 0 Å². The van der Waals surface area contributed by atoms with Crippen molar-refractivity contribution < 1.29 is 47.5 Å². The third-order valence-corrected chi connectivity index (χ3v) is 9.28. The molecule has 0 aromatic carbocycles. The van der Waals surface area contributed by atoms with Gasteiger partial charge < -0.3 is 25.2 Å². The number of phosphoric acid groups is 1. The second-order valence-corrected chi connectivity index (χ2v) is 14.9. The van der Waals surface area contributed by atoms with Crippen LogP contribution in [0.1, 0.15) is 162 Å². The maximum absolute atomic E-state index is 12.5. The van der Waals surface area contributed by atoms with E-state index in [1.54, 1.807) is 0 Å². The Bertz CT molecular complexity index is 1090. The van der Waals surface area contributed by atoms with Gasteiger partial charge in [0, 0.05) is 12.8 Å². The highest BCUT2D eigenvalue weighted by molar-refractivity contribution is 7.47. The number of nitrogens with two attached hydrogens (primary N) is 1. The molecule has 0 saturated heterocycles. The van der Waals surface area contributed by atoms with Gasteiger partial charge >= 0.3 is 25.7 Å². The van der Waals surface area contributed by atoms with Crippen LogP contribution in [0.2, 0.25) is 0 Å². The molecule has 1 unspecified atom stereocenters. The average molecular weight is 770 g/mol. The zero-order chi connectivity index (χ0) is 39.3. The lowest BCUT2D eigenvalue weighted by atomic mass is 10.1. The lowest BCUT2D eigenvalue weighted by Crippen LogP contribution is -2.34. The van der Waals surface area contributed by atoms with Crippen LogP contribution in [0.25, 0.3) is 0 Å². The number of aliphatic carboxylic acids is 1. The van der Waals surface area contributed by atoms with E-state index in [9.17, 15) is 23.8 Å². The Balaban J connectivity index is 4.44. The second-order valence-electron chi connectivity index (χ2n) is 13.4. The van der Waals surface area contributed by atoms with Crippen molar-refractivity contribution in [3.8, 4) is 0 Å². The number of carboxylic acids is 1. The molecule has 0 fully saturated rings. The van der Waals surface area contributed by atoms with E-state index in [0.29, 0.717) is 19.3 Å². The first kappa shape index (κ1) is 50.4. The van der Waals surface area contributed by atoms with Gasteiger partial charge in [0.1, 0.15) is 12.6 Å². The predicted octanol–water partition coefficient (Wildman–Crippen LogP) is 10.2. The molecule has 0 saturated carbocycles. The Kier molecular flexibility index (Phi) is 34.7. The van der Waals surface area contributed by atoms with Gasteiger partial charge in [-0.3, -0.25) is 23.4 Å². The first-order valence-electron chi connectivity index (χ1n) is 20.2. The average Bonchev–Trinajstić information content (AvgIpc) is 3.13. The molecule has 0 aliphatic rings. The van der Waals surface area contributed by atoms with Gasteiger partial charge in [0.2, 0.25) is 0 Å². The number of esters is 2. The van der Waals surface area contributed by atoms with Crippen molar-refractivity contribution in [3.05, 3.63) is 48.6 Å². The van der Waals surface area contributed by atoms with Gasteiger partial charge in [0.25, 0.3) is 0 Å². The summed E-state index contributed by atoms with van der Waals surface area (Å²) in [4.78, 5) is 45.6. The molecule has 0 aromatic rings. The number of allylic oxidation sites excluding steroid dienone is 8. The topological polar surface area (TPSA) is 172 Å². The van der Waals surface area contributed by atoms with E-state index in [1.807, 2.05) is 12.2 Å². The predicted molar refractivity (Wildman–Crippen MR) is 212 cm³/mol. The van der Waals surface area contributed by atoms with E-state index >= 15 is 0 Å². The maximum Gasteiger partial charge on any atom is 0.472 e. The lowest BCUT2D eigenvalue weighted by molar-refractivity contribution is -0.161. The van der Waals surface area contributed by atoms with Crippen molar-refractivity contribution in [2.24, 2.45) is 5.73 Å². The zero-order valence-electron chi connectivity index (χ0n) is 32.8. The Morgan fingerprint density at radius 3 is 1.55 bits per heavy atom. The Labute approximate surface area is 320 Å². The third kappa shape index (κ3) is 36.2. The number of hydrogen-bond donors (Lipinski definition) is 3. The summed E-state index contributed by atoms with van der Waals surface area (Å²) in [5, 5.41) is 8.85. The van der Waals surface area contributed by atoms with E-state index in [0.717, 1.165) is 38.5 Å². The number of carbonyl (C=O) groups excluding carboxylic acids is 2. The molecular weight excluding hydrogens is 697 g/mol. The highest BCUT2D eigenvalue weighted by atomic mass is 31.2. The molecule has 0 radical (unpaired) electrons. The van der Waals surface area contributed by atoms with Crippen LogP contribution in [0.15, 0.2) is 48.6 Å². The molecule has 0 aromatic heterocycles. The molecule has 3 atom stereocenters. The van der Waals surface area contributed by atoms with Crippen LogP contribution < -0.4 is 5.73 Å². The third-order valence-electron chi connectivity index (χ3n) is 8.33. The molecule has 0 heterocycles. The van der Waals surface area contributed by atoms with E-state index in [4.69, 9.17) is 24.8 Å². The van der Waals surface area contributed by atoms with E-state index in [1.165, 1.54) is 77.0 Å². The summed E-state index contributed by atoms with van der Waals surface area (Å²) >= 11 is 0. The van der Waals surface area contributed by atoms with Gasteiger partial charge in [-0.05, 0) is 51.4 Å². The molecular formula is C41H72NO10P. The van der Waals surface area contributed by atoms with Crippen molar-refractivity contribution in [2.75, 3.05) is 19.8 Å². The molecule has 4 N–H and O–H groups in total. The minimum Gasteiger partial charge on any atom is -0.480 e. The summed E-state index contributed by atoms with van der Waals surface area (Å²) in [5.41, 5.74) is 5.31. The number of rotatable bonds is 37. The SMILES string of the molecule is CCCCCCCCC/C=C/C/C=C/C/C=C/C/C=C/CCCC(=O)O[C@@H](COC(=O)CCCCCCCCCC)COP(=O)(O)OC[C@H](N)C(=O)O. The molecule has 12 heteroatoms. The lowest BCUT2D eigenvalue weighted by Gasteiger charge is -2.20. The van der Waals surface area contributed by atoms with Gasteiger partial charge in [-0.25, -0.2) is 4.57 Å². The smallest absolute Gasteiger partial charge is 0.472 e. The van der Waals surface area contributed by atoms with E-state index < -0.39 is 51.1 Å². The van der Waals surface area contributed by atoms with Crippen LogP contribution in [0.5, 0.6) is 0 Å². The quantitative estimate of drug-likeness (QED) is 0.0238. The summed E-state index contributed by atoms with van der Waals surface area (Å²) in [5.74, 6) is -2.46. The number of hydrogen-bond acceptors (Lipinski definition) is 9. The first-order valence-corrected chi connectivity index (χ1v) is 21.7. The van der Waals surface area contributed by atoms with Crippen molar-refractivity contribution in [2.45, 2.75) is 174 Å². The summed E-state index contributed by atoms with van der Waals surface area (Å²) in [6.45, 7) is 2.69. The molecule has 53 heavy (non-hydrogen) atoms. The van der Waals surface area contributed by atoms with Crippen LogP contribution in [0.3, 0.4) is 0 Å². The number of carboxylic acid groups (broad SMARTS) is 1. The fourth-order valence-electron chi connectivity index (χ4n) is 5.11. The fourth-order valence-corrected chi connectivity index (χ4v) is 5.89. The highest BCUT2D eigenvalue weighted by Gasteiger charge is 2.28. The Hall–Kier alpha value is -2.56. The van der Waals surface area contributed by atoms with Gasteiger partial charge in [-0.2, -0.15) is 0 Å². The van der Waals surface area contributed by atoms with Gasteiger partial charge in [0.15, 0.2) is 6.10 Å². The largest absolute Gasteiger partial charge is 0.480 e. The second kappa shape index (κ2) is 36.4. The van der Waals surface area contributed by atoms with E-state index in [-0.39, 0.29) is 19.4 Å². The summed E-state index contributed by atoms with van der Waals surface area (Å²) < 4.78 is 32.4. The Morgan fingerprint density at radius 2 is 1.02 bits per heavy atom.